The first-order chi connectivity index (χ1) is 14.2. The molecule has 140 valence electrons. The number of nitrogens with one attached hydrogen (secondary N) is 1. The molecule has 0 spiro atoms. The fourth-order valence-corrected chi connectivity index (χ4v) is 3.40. The highest BCUT2D eigenvalue weighted by Crippen LogP contribution is 2.28. The van der Waals surface area contributed by atoms with Gasteiger partial charge in [0.1, 0.15) is 5.82 Å². The Morgan fingerprint density at radius 3 is 2.48 bits per heavy atom. The van der Waals surface area contributed by atoms with Gasteiger partial charge in [-0.25, -0.2) is 4.68 Å². The Hall–Kier alpha value is -3.69. The maximum absolute atomic E-state index is 12.8. The molecule has 1 amide bonds. The van der Waals surface area contributed by atoms with Crippen molar-refractivity contribution in [3.63, 3.8) is 0 Å². The molecule has 3 aromatic carbocycles. The van der Waals surface area contributed by atoms with E-state index in [-0.39, 0.29) is 5.91 Å². The van der Waals surface area contributed by atoms with Gasteiger partial charge in [0.25, 0.3) is 5.91 Å². The zero-order valence-corrected chi connectivity index (χ0v) is 16.8. The second-order valence-corrected chi connectivity index (χ2v) is 7.15. The molecule has 1 aromatic heterocycles. The summed E-state index contributed by atoms with van der Waals surface area (Å²) in [7, 11) is 0. The minimum Gasteiger partial charge on any atom is -0.306 e. The maximum atomic E-state index is 12.8. The summed E-state index contributed by atoms with van der Waals surface area (Å²) in [6, 6.07) is 27.9. The van der Waals surface area contributed by atoms with Crippen LogP contribution in [-0.4, -0.2) is 15.7 Å². The third-order valence-corrected chi connectivity index (χ3v) is 5.03. The summed E-state index contributed by atoms with van der Waals surface area (Å²) in [4.78, 5) is 12.8. The third kappa shape index (κ3) is 3.96. The number of benzene rings is 3. The highest BCUT2D eigenvalue weighted by Gasteiger charge is 2.16. The topological polar surface area (TPSA) is 70.7 Å². The third-order valence-electron chi connectivity index (χ3n) is 4.36. The molecule has 29 heavy (non-hydrogen) atoms. The molecule has 0 aliphatic rings. The van der Waals surface area contributed by atoms with E-state index < -0.39 is 0 Å². The van der Waals surface area contributed by atoms with Crippen LogP contribution in [0.1, 0.15) is 15.9 Å². The molecule has 5 nitrogen and oxygen atoms in total. The van der Waals surface area contributed by atoms with E-state index in [0.717, 1.165) is 21.4 Å². The summed E-state index contributed by atoms with van der Waals surface area (Å²) in [5.74, 6) is 0.220. The van der Waals surface area contributed by atoms with Crippen molar-refractivity contribution in [2.24, 2.45) is 0 Å². The van der Waals surface area contributed by atoms with Crippen molar-refractivity contribution in [1.82, 2.24) is 9.78 Å². The molecule has 0 fully saturated rings. The van der Waals surface area contributed by atoms with Gasteiger partial charge < -0.3 is 5.32 Å². The number of aromatic nitrogens is 2. The van der Waals surface area contributed by atoms with Crippen LogP contribution in [0.4, 0.5) is 5.82 Å². The quantitative estimate of drug-likeness (QED) is 0.458. The predicted molar refractivity (Wildman–Crippen MR) is 116 cm³/mol. The Morgan fingerprint density at radius 2 is 1.72 bits per heavy atom. The van der Waals surface area contributed by atoms with Gasteiger partial charge in [-0.15, -0.1) is 0 Å². The highest BCUT2D eigenvalue weighted by atomic mass is 79.9. The molecule has 4 rings (SSSR count). The van der Waals surface area contributed by atoms with Crippen LogP contribution in [0, 0.1) is 11.3 Å². The van der Waals surface area contributed by atoms with Crippen molar-refractivity contribution < 1.29 is 4.79 Å². The number of nitrogens with zero attached hydrogens (tertiary/aromatic N) is 3. The molecule has 1 heterocycles. The molecular weight excluding hydrogens is 428 g/mol. The second kappa shape index (κ2) is 8.13. The minimum absolute atomic E-state index is 0.310. The number of carbonyl (C=O) groups excluding carboxylic acids is 1. The van der Waals surface area contributed by atoms with Gasteiger partial charge in [0.15, 0.2) is 0 Å². The van der Waals surface area contributed by atoms with Crippen LogP contribution in [0.5, 0.6) is 0 Å². The van der Waals surface area contributed by atoms with Crippen molar-refractivity contribution >= 4 is 27.7 Å². The van der Waals surface area contributed by atoms with E-state index in [2.05, 4.69) is 27.3 Å². The number of carbonyl (C=O) groups is 1. The Kier molecular flexibility index (Phi) is 5.23. The average molecular weight is 443 g/mol. The lowest BCUT2D eigenvalue weighted by Crippen LogP contribution is -2.15. The number of para-hydroxylation sites is 1. The minimum atomic E-state index is -0.310. The monoisotopic (exact) mass is 442 g/mol. The van der Waals surface area contributed by atoms with E-state index >= 15 is 0 Å². The van der Waals surface area contributed by atoms with E-state index in [1.807, 2.05) is 60.7 Å². The summed E-state index contributed by atoms with van der Waals surface area (Å²) >= 11 is 3.55. The Morgan fingerprint density at radius 1 is 0.966 bits per heavy atom. The van der Waals surface area contributed by atoms with Gasteiger partial charge >= 0.3 is 0 Å². The Bertz CT molecular complexity index is 1230. The van der Waals surface area contributed by atoms with Crippen LogP contribution in [0.3, 0.4) is 0 Å². The number of anilines is 1. The summed E-state index contributed by atoms with van der Waals surface area (Å²) in [5, 5.41) is 16.7. The van der Waals surface area contributed by atoms with Gasteiger partial charge in [0.2, 0.25) is 0 Å². The SMILES string of the molecule is N#Cc1cccc(C(=O)Nc2cc(-c3ccccc3)nn2-c2ccccc2Br)c1. The van der Waals surface area contributed by atoms with Gasteiger partial charge in [-0.3, -0.25) is 4.79 Å². The zero-order chi connectivity index (χ0) is 20.2. The van der Waals surface area contributed by atoms with Crippen LogP contribution in [0.2, 0.25) is 0 Å². The van der Waals surface area contributed by atoms with E-state index in [0.29, 0.717) is 16.9 Å². The number of nitriles is 1. The van der Waals surface area contributed by atoms with E-state index in [9.17, 15) is 4.79 Å². The molecule has 0 unspecified atom stereocenters. The Balaban J connectivity index is 1.77. The van der Waals surface area contributed by atoms with Crippen molar-refractivity contribution in [2.75, 3.05) is 5.32 Å². The van der Waals surface area contributed by atoms with Gasteiger partial charge in [-0.05, 0) is 46.3 Å². The normalized spacial score (nSPS) is 10.3. The number of amides is 1. The molecule has 0 aliphatic heterocycles. The fourth-order valence-electron chi connectivity index (χ4n) is 2.95. The first-order valence-corrected chi connectivity index (χ1v) is 9.67. The summed E-state index contributed by atoms with van der Waals surface area (Å²) in [6.45, 7) is 0. The molecular formula is C23H15BrN4O. The standard InChI is InChI=1S/C23H15BrN4O/c24-19-11-4-5-12-21(19)28-22(14-20(27-28)17-8-2-1-3-9-17)26-23(29)18-10-6-7-16(13-18)15-25/h1-14H,(H,26,29). The van der Waals surface area contributed by atoms with Gasteiger partial charge in [-0.2, -0.15) is 10.4 Å². The van der Waals surface area contributed by atoms with Crippen molar-refractivity contribution in [2.45, 2.75) is 0 Å². The largest absolute Gasteiger partial charge is 0.306 e. The fraction of sp³-hybridized carbons (Fsp3) is 0. The smallest absolute Gasteiger partial charge is 0.256 e. The molecule has 0 bridgehead atoms. The molecule has 0 aliphatic carbocycles. The van der Waals surface area contributed by atoms with E-state index in [1.165, 1.54) is 0 Å². The Labute approximate surface area is 176 Å². The molecule has 6 heteroatoms. The highest BCUT2D eigenvalue weighted by molar-refractivity contribution is 9.10. The lowest BCUT2D eigenvalue weighted by Gasteiger charge is -2.10. The van der Waals surface area contributed by atoms with Gasteiger partial charge in [0, 0.05) is 21.7 Å². The molecule has 0 saturated carbocycles. The van der Waals surface area contributed by atoms with Crippen molar-refractivity contribution in [1.29, 1.82) is 5.26 Å². The number of rotatable bonds is 4. The van der Waals surface area contributed by atoms with Gasteiger partial charge in [0.05, 0.1) is 23.0 Å². The van der Waals surface area contributed by atoms with Gasteiger partial charge in [-0.1, -0.05) is 48.5 Å². The van der Waals surface area contributed by atoms with Crippen LogP contribution >= 0.6 is 15.9 Å². The van der Waals surface area contributed by atoms with Crippen LogP contribution in [0.25, 0.3) is 16.9 Å². The molecule has 1 N–H and O–H groups in total. The zero-order valence-electron chi connectivity index (χ0n) is 15.2. The lowest BCUT2D eigenvalue weighted by molar-refractivity contribution is 0.102. The van der Waals surface area contributed by atoms with Crippen molar-refractivity contribution in [3.05, 3.63) is 101 Å². The number of hydrogen-bond donors (Lipinski definition) is 1. The van der Waals surface area contributed by atoms with E-state index in [4.69, 9.17) is 10.4 Å². The number of hydrogen-bond acceptors (Lipinski definition) is 3. The van der Waals surface area contributed by atoms with Crippen molar-refractivity contribution in [3.8, 4) is 23.0 Å². The lowest BCUT2D eigenvalue weighted by atomic mass is 10.1. The first kappa shape index (κ1) is 18.7. The maximum Gasteiger partial charge on any atom is 0.256 e. The summed E-state index contributed by atoms with van der Waals surface area (Å²) < 4.78 is 2.54. The first-order valence-electron chi connectivity index (χ1n) is 8.87. The van der Waals surface area contributed by atoms with E-state index in [1.54, 1.807) is 28.9 Å². The average Bonchev–Trinajstić information content (AvgIpc) is 3.18. The van der Waals surface area contributed by atoms with Crippen LogP contribution in [-0.2, 0) is 0 Å². The molecule has 0 radical (unpaired) electrons. The summed E-state index contributed by atoms with van der Waals surface area (Å²) in [5.41, 5.74) is 3.32. The molecule has 0 atom stereocenters. The van der Waals surface area contributed by atoms with Crippen LogP contribution in [0.15, 0.2) is 89.4 Å². The molecule has 4 aromatic rings. The predicted octanol–water partition coefficient (Wildman–Crippen LogP) is 5.43. The second-order valence-electron chi connectivity index (χ2n) is 6.29. The number of halogens is 1. The molecule has 0 saturated heterocycles. The summed E-state index contributed by atoms with van der Waals surface area (Å²) in [6.07, 6.45) is 0. The van der Waals surface area contributed by atoms with Crippen LogP contribution < -0.4 is 5.32 Å².